The van der Waals surface area contributed by atoms with Gasteiger partial charge in [0.25, 0.3) is 5.91 Å². The molecule has 0 heterocycles. The zero-order valence-corrected chi connectivity index (χ0v) is 11.7. The SMILES string of the molecule is Cc1cccc(C(=O)NCCC(C)Cl)c1Br. The molecule has 0 aliphatic carbocycles. The van der Waals surface area contributed by atoms with Crippen LogP contribution in [0.1, 0.15) is 29.3 Å². The molecule has 0 radical (unpaired) electrons. The molecule has 16 heavy (non-hydrogen) atoms. The summed E-state index contributed by atoms with van der Waals surface area (Å²) < 4.78 is 0.853. The van der Waals surface area contributed by atoms with E-state index in [1.165, 1.54) is 0 Å². The first-order valence-corrected chi connectivity index (χ1v) is 6.42. The van der Waals surface area contributed by atoms with Crippen molar-refractivity contribution in [3.8, 4) is 0 Å². The van der Waals surface area contributed by atoms with Crippen LogP contribution in [-0.2, 0) is 0 Å². The van der Waals surface area contributed by atoms with E-state index in [0.29, 0.717) is 12.1 Å². The third-order valence-electron chi connectivity index (χ3n) is 2.26. The van der Waals surface area contributed by atoms with E-state index in [9.17, 15) is 4.79 Å². The average Bonchev–Trinajstić information content (AvgIpc) is 2.21. The molecular formula is C12H15BrClNO. The number of amides is 1. The van der Waals surface area contributed by atoms with E-state index in [1.807, 2.05) is 26.0 Å². The molecule has 1 N–H and O–H groups in total. The van der Waals surface area contributed by atoms with Crippen molar-refractivity contribution >= 4 is 33.4 Å². The lowest BCUT2D eigenvalue weighted by molar-refractivity contribution is 0.0952. The minimum atomic E-state index is -0.0621. The molecule has 0 aliphatic heterocycles. The second-order valence-electron chi connectivity index (χ2n) is 3.76. The largest absolute Gasteiger partial charge is 0.352 e. The van der Waals surface area contributed by atoms with Gasteiger partial charge in [-0.25, -0.2) is 0 Å². The molecular weight excluding hydrogens is 289 g/mol. The van der Waals surface area contributed by atoms with Gasteiger partial charge in [-0.05, 0) is 47.8 Å². The third-order valence-corrected chi connectivity index (χ3v) is 3.53. The first-order valence-electron chi connectivity index (χ1n) is 5.19. The van der Waals surface area contributed by atoms with Crippen LogP contribution in [0.5, 0.6) is 0 Å². The van der Waals surface area contributed by atoms with Gasteiger partial charge in [-0.2, -0.15) is 0 Å². The van der Waals surface area contributed by atoms with Crippen LogP contribution >= 0.6 is 27.5 Å². The van der Waals surface area contributed by atoms with Gasteiger partial charge in [0.05, 0.1) is 5.56 Å². The van der Waals surface area contributed by atoms with E-state index in [1.54, 1.807) is 6.07 Å². The number of carbonyl (C=O) groups is 1. The van der Waals surface area contributed by atoms with Crippen molar-refractivity contribution in [2.45, 2.75) is 25.6 Å². The van der Waals surface area contributed by atoms with E-state index >= 15 is 0 Å². The predicted octanol–water partition coefficient (Wildman–Crippen LogP) is 3.50. The molecule has 1 amide bonds. The Labute approximate surface area is 110 Å². The molecule has 1 unspecified atom stereocenters. The Hall–Kier alpha value is -0.540. The number of halogens is 2. The summed E-state index contributed by atoms with van der Waals surface area (Å²) in [6.07, 6.45) is 0.775. The van der Waals surface area contributed by atoms with Crippen LogP contribution in [0.3, 0.4) is 0 Å². The van der Waals surface area contributed by atoms with Gasteiger partial charge in [0.1, 0.15) is 0 Å². The van der Waals surface area contributed by atoms with Gasteiger partial charge in [-0.15, -0.1) is 11.6 Å². The van der Waals surface area contributed by atoms with Gasteiger partial charge >= 0.3 is 0 Å². The predicted molar refractivity (Wildman–Crippen MR) is 71.1 cm³/mol. The zero-order valence-electron chi connectivity index (χ0n) is 9.39. The number of alkyl halides is 1. The van der Waals surface area contributed by atoms with Crippen LogP contribution in [0, 0.1) is 6.92 Å². The number of carbonyl (C=O) groups excluding carboxylic acids is 1. The summed E-state index contributed by atoms with van der Waals surface area (Å²) >= 11 is 9.22. The van der Waals surface area contributed by atoms with Gasteiger partial charge in [-0.1, -0.05) is 12.1 Å². The molecule has 1 rings (SSSR count). The molecule has 0 saturated carbocycles. The molecule has 1 atom stereocenters. The normalized spacial score (nSPS) is 12.2. The fraction of sp³-hybridized carbons (Fsp3) is 0.417. The smallest absolute Gasteiger partial charge is 0.252 e. The summed E-state index contributed by atoms with van der Waals surface area (Å²) in [5.41, 5.74) is 1.72. The maximum Gasteiger partial charge on any atom is 0.252 e. The molecule has 0 aliphatic rings. The van der Waals surface area contributed by atoms with Crippen molar-refractivity contribution in [1.29, 1.82) is 0 Å². The Morgan fingerprint density at radius 1 is 1.56 bits per heavy atom. The minimum Gasteiger partial charge on any atom is -0.352 e. The van der Waals surface area contributed by atoms with Gasteiger partial charge in [-0.3, -0.25) is 4.79 Å². The topological polar surface area (TPSA) is 29.1 Å². The standard InChI is InChI=1S/C12H15BrClNO/c1-8-4-3-5-10(11(8)13)12(16)15-7-6-9(2)14/h3-5,9H,6-7H2,1-2H3,(H,15,16). The van der Waals surface area contributed by atoms with Crippen LogP contribution in [0.15, 0.2) is 22.7 Å². The first-order chi connectivity index (χ1) is 7.52. The van der Waals surface area contributed by atoms with Crippen molar-refractivity contribution in [2.75, 3.05) is 6.54 Å². The average molecular weight is 305 g/mol. The lowest BCUT2D eigenvalue weighted by Gasteiger charge is -2.08. The third kappa shape index (κ3) is 3.80. The summed E-state index contributed by atoms with van der Waals surface area (Å²) in [5, 5.41) is 2.93. The number of rotatable bonds is 4. The molecule has 0 saturated heterocycles. The molecule has 1 aromatic rings. The van der Waals surface area contributed by atoms with Crippen LogP contribution < -0.4 is 5.32 Å². The Balaban J connectivity index is 2.63. The van der Waals surface area contributed by atoms with Crippen LogP contribution in [-0.4, -0.2) is 17.8 Å². The highest BCUT2D eigenvalue weighted by atomic mass is 79.9. The lowest BCUT2D eigenvalue weighted by Crippen LogP contribution is -2.26. The highest BCUT2D eigenvalue weighted by Crippen LogP contribution is 2.20. The molecule has 0 bridgehead atoms. The van der Waals surface area contributed by atoms with Crippen molar-refractivity contribution in [3.63, 3.8) is 0 Å². The molecule has 0 aromatic heterocycles. The minimum absolute atomic E-state index is 0.0621. The summed E-state index contributed by atoms with van der Waals surface area (Å²) in [7, 11) is 0. The summed E-state index contributed by atoms with van der Waals surface area (Å²) in [6, 6.07) is 5.64. The summed E-state index contributed by atoms with van der Waals surface area (Å²) in [6.45, 7) is 4.47. The number of nitrogens with one attached hydrogen (secondary N) is 1. The van der Waals surface area contributed by atoms with Crippen molar-refractivity contribution < 1.29 is 4.79 Å². The highest BCUT2D eigenvalue weighted by molar-refractivity contribution is 9.10. The Morgan fingerprint density at radius 2 is 2.25 bits per heavy atom. The van der Waals surface area contributed by atoms with Crippen LogP contribution in [0.25, 0.3) is 0 Å². The number of hydrogen-bond acceptors (Lipinski definition) is 1. The second kappa shape index (κ2) is 6.26. The van der Waals surface area contributed by atoms with Crippen molar-refractivity contribution in [1.82, 2.24) is 5.32 Å². The fourth-order valence-corrected chi connectivity index (χ4v) is 1.86. The first kappa shape index (κ1) is 13.5. The van der Waals surface area contributed by atoms with E-state index in [4.69, 9.17) is 11.6 Å². The van der Waals surface area contributed by atoms with E-state index in [0.717, 1.165) is 16.5 Å². The monoisotopic (exact) mass is 303 g/mol. The van der Waals surface area contributed by atoms with E-state index < -0.39 is 0 Å². The molecule has 4 heteroatoms. The maximum absolute atomic E-state index is 11.8. The van der Waals surface area contributed by atoms with E-state index in [-0.39, 0.29) is 11.3 Å². The summed E-state index contributed by atoms with van der Waals surface area (Å²) in [4.78, 5) is 11.8. The van der Waals surface area contributed by atoms with Gasteiger partial charge in [0, 0.05) is 16.4 Å². The fourth-order valence-electron chi connectivity index (χ4n) is 1.30. The zero-order chi connectivity index (χ0) is 12.1. The molecule has 0 fully saturated rings. The molecule has 1 aromatic carbocycles. The molecule has 88 valence electrons. The maximum atomic E-state index is 11.8. The van der Waals surface area contributed by atoms with Crippen molar-refractivity contribution in [2.24, 2.45) is 0 Å². The highest BCUT2D eigenvalue weighted by Gasteiger charge is 2.10. The second-order valence-corrected chi connectivity index (χ2v) is 5.30. The van der Waals surface area contributed by atoms with Gasteiger partial charge in [0.15, 0.2) is 0 Å². The quantitative estimate of drug-likeness (QED) is 0.848. The number of benzene rings is 1. The molecule has 0 spiro atoms. The Morgan fingerprint density at radius 3 is 2.88 bits per heavy atom. The van der Waals surface area contributed by atoms with Crippen LogP contribution in [0.4, 0.5) is 0 Å². The van der Waals surface area contributed by atoms with Gasteiger partial charge < -0.3 is 5.32 Å². The lowest BCUT2D eigenvalue weighted by atomic mass is 10.1. The Kier molecular flexibility index (Phi) is 5.29. The van der Waals surface area contributed by atoms with Gasteiger partial charge in [0.2, 0.25) is 0 Å². The summed E-state index contributed by atoms with van der Waals surface area (Å²) in [5.74, 6) is -0.0621. The Bertz CT molecular complexity index is 379. The van der Waals surface area contributed by atoms with E-state index in [2.05, 4.69) is 21.2 Å². The molecule has 2 nitrogen and oxygen atoms in total. The van der Waals surface area contributed by atoms with Crippen LogP contribution in [0.2, 0.25) is 0 Å². The number of aryl methyl sites for hydroxylation is 1. The number of hydrogen-bond donors (Lipinski definition) is 1. The van der Waals surface area contributed by atoms with Crippen molar-refractivity contribution in [3.05, 3.63) is 33.8 Å².